The lowest BCUT2D eigenvalue weighted by atomic mass is 10.1. The van der Waals surface area contributed by atoms with E-state index in [9.17, 15) is 9.59 Å². The van der Waals surface area contributed by atoms with Crippen LogP contribution in [0.15, 0.2) is 34.9 Å². The molecule has 1 amide bonds. The number of pyridine rings is 1. The molecule has 0 radical (unpaired) electrons. The number of fused-ring (bicyclic) bond motifs is 1. The number of benzene rings is 1. The van der Waals surface area contributed by atoms with Gasteiger partial charge >= 0.3 is 5.97 Å². The van der Waals surface area contributed by atoms with E-state index in [2.05, 4.69) is 10.4 Å². The zero-order chi connectivity index (χ0) is 26.1. The Bertz CT molecular complexity index is 1470. The molecule has 0 aliphatic carbocycles. The second kappa shape index (κ2) is 9.73. The van der Waals surface area contributed by atoms with Crippen LogP contribution in [0.4, 0.5) is 5.69 Å². The summed E-state index contributed by atoms with van der Waals surface area (Å²) in [4.78, 5) is 31.0. The average molecular weight is 493 g/mol. The summed E-state index contributed by atoms with van der Waals surface area (Å²) in [6.45, 7) is 7.67. The second-order valence-corrected chi connectivity index (χ2v) is 8.50. The first-order valence-corrected chi connectivity index (χ1v) is 11.3. The van der Waals surface area contributed by atoms with Crippen molar-refractivity contribution in [3.05, 3.63) is 53.1 Å². The van der Waals surface area contributed by atoms with Gasteiger partial charge in [0.25, 0.3) is 5.91 Å². The molecular formula is C26H28N4O6. The SMILES string of the molecule is COC(=O)c1cc(OC)c(OC)cc1NC(=O)c1cc(-c2cc(C)oc2C)nc2c1cnn2C(C)C. The van der Waals surface area contributed by atoms with E-state index in [1.807, 2.05) is 33.8 Å². The highest BCUT2D eigenvalue weighted by Gasteiger charge is 2.23. The van der Waals surface area contributed by atoms with Crippen LogP contribution in [0.3, 0.4) is 0 Å². The number of carbonyl (C=O) groups is 2. The number of hydrogen-bond acceptors (Lipinski definition) is 8. The van der Waals surface area contributed by atoms with E-state index in [1.54, 1.807) is 16.9 Å². The minimum absolute atomic E-state index is 0.0186. The molecule has 0 spiro atoms. The van der Waals surface area contributed by atoms with Crippen molar-refractivity contribution in [2.75, 3.05) is 26.6 Å². The van der Waals surface area contributed by atoms with Crippen molar-refractivity contribution in [1.29, 1.82) is 0 Å². The summed E-state index contributed by atoms with van der Waals surface area (Å²) in [6.07, 6.45) is 1.62. The lowest BCUT2D eigenvalue weighted by Crippen LogP contribution is -2.17. The van der Waals surface area contributed by atoms with E-state index in [0.29, 0.717) is 39.6 Å². The summed E-state index contributed by atoms with van der Waals surface area (Å²) in [7, 11) is 4.19. The first-order valence-electron chi connectivity index (χ1n) is 11.3. The first-order chi connectivity index (χ1) is 17.2. The minimum Gasteiger partial charge on any atom is -0.493 e. The minimum atomic E-state index is -0.635. The number of amides is 1. The van der Waals surface area contributed by atoms with Crippen molar-refractivity contribution < 1.29 is 28.2 Å². The molecule has 0 unspecified atom stereocenters. The average Bonchev–Trinajstić information content (AvgIpc) is 3.44. The molecule has 1 N–H and O–H groups in total. The third kappa shape index (κ3) is 4.37. The van der Waals surface area contributed by atoms with Gasteiger partial charge in [-0.2, -0.15) is 5.10 Å². The smallest absolute Gasteiger partial charge is 0.340 e. The van der Waals surface area contributed by atoms with E-state index in [1.165, 1.54) is 33.5 Å². The lowest BCUT2D eigenvalue weighted by molar-refractivity contribution is 0.0601. The van der Waals surface area contributed by atoms with Gasteiger partial charge in [0.05, 0.1) is 55.4 Å². The topological polar surface area (TPSA) is 118 Å². The number of carbonyl (C=O) groups excluding carboxylic acids is 2. The Balaban J connectivity index is 1.88. The Kier molecular flexibility index (Phi) is 6.69. The van der Waals surface area contributed by atoms with Crippen LogP contribution >= 0.6 is 0 Å². The molecule has 0 saturated carbocycles. The highest BCUT2D eigenvalue weighted by molar-refractivity contribution is 6.14. The predicted molar refractivity (Wildman–Crippen MR) is 134 cm³/mol. The third-order valence-electron chi connectivity index (χ3n) is 5.79. The number of nitrogens with one attached hydrogen (secondary N) is 1. The van der Waals surface area contributed by atoms with Gasteiger partial charge in [-0.3, -0.25) is 4.79 Å². The molecule has 0 atom stereocenters. The second-order valence-electron chi connectivity index (χ2n) is 8.50. The number of esters is 1. The quantitative estimate of drug-likeness (QED) is 0.360. The van der Waals surface area contributed by atoms with E-state index >= 15 is 0 Å². The number of furan rings is 1. The van der Waals surface area contributed by atoms with E-state index in [-0.39, 0.29) is 17.3 Å². The molecule has 10 nitrogen and oxygen atoms in total. The first kappa shape index (κ1) is 24.8. The Morgan fingerprint density at radius 2 is 1.69 bits per heavy atom. The fourth-order valence-corrected chi connectivity index (χ4v) is 4.06. The fourth-order valence-electron chi connectivity index (χ4n) is 4.06. The van der Waals surface area contributed by atoms with Crippen molar-refractivity contribution in [3.8, 4) is 22.8 Å². The number of ether oxygens (including phenoxy) is 3. The van der Waals surface area contributed by atoms with Gasteiger partial charge in [0, 0.05) is 23.7 Å². The molecule has 0 aliphatic heterocycles. The van der Waals surface area contributed by atoms with Crippen molar-refractivity contribution in [2.24, 2.45) is 0 Å². The molecule has 3 heterocycles. The maximum absolute atomic E-state index is 13.7. The summed E-state index contributed by atoms with van der Waals surface area (Å²) in [6, 6.07) is 6.57. The van der Waals surface area contributed by atoms with Crippen molar-refractivity contribution in [2.45, 2.75) is 33.7 Å². The number of aromatic nitrogens is 3. The van der Waals surface area contributed by atoms with Crippen molar-refractivity contribution in [1.82, 2.24) is 14.8 Å². The molecule has 1 aromatic carbocycles. The molecule has 0 aliphatic rings. The number of aryl methyl sites for hydroxylation is 2. The molecule has 4 aromatic rings. The van der Waals surface area contributed by atoms with E-state index in [0.717, 1.165) is 11.3 Å². The maximum atomic E-state index is 13.7. The molecule has 0 bridgehead atoms. The normalized spacial score (nSPS) is 11.1. The van der Waals surface area contributed by atoms with Crippen molar-refractivity contribution >= 4 is 28.6 Å². The number of anilines is 1. The van der Waals surface area contributed by atoms with Crippen LogP contribution in [-0.4, -0.2) is 48.0 Å². The lowest BCUT2D eigenvalue weighted by Gasteiger charge is -2.15. The molecule has 0 fully saturated rings. The van der Waals surface area contributed by atoms with Gasteiger partial charge in [-0.25, -0.2) is 14.5 Å². The molecule has 0 saturated heterocycles. The van der Waals surface area contributed by atoms with Gasteiger partial charge in [0.15, 0.2) is 17.1 Å². The summed E-state index contributed by atoms with van der Waals surface area (Å²) in [5, 5.41) is 7.86. The van der Waals surface area contributed by atoms with Crippen molar-refractivity contribution in [3.63, 3.8) is 0 Å². The molecule has 10 heteroatoms. The predicted octanol–water partition coefficient (Wildman–Crippen LogP) is 4.95. The van der Waals surface area contributed by atoms with E-state index in [4.69, 9.17) is 23.6 Å². The van der Waals surface area contributed by atoms with Gasteiger partial charge in [-0.05, 0) is 39.8 Å². The summed E-state index contributed by atoms with van der Waals surface area (Å²) in [5.41, 5.74) is 2.58. The van der Waals surface area contributed by atoms with E-state index < -0.39 is 11.9 Å². The molecule has 4 rings (SSSR count). The Labute approximate surface area is 208 Å². The Morgan fingerprint density at radius 1 is 1.00 bits per heavy atom. The van der Waals surface area contributed by atoms with Crippen LogP contribution < -0.4 is 14.8 Å². The van der Waals surface area contributed by atoms with Crippen LogP contribution in [0.1, 0.15) is 52.1 Å². The molecular weight excluding hydrogens is 464 g/mol. The maximum Gasteiger partial charge on any atom is 0.340 e. The molecule has 188 valence electrons. The summed E-state index contributed by atoms with van der Waals surface area (Å²) in [5.74, 6) is 1.01. The monoisotopic (exact) mass is 492 g/mol. The van der Waals surface area contributed by atoms with Crippen LogP contribution in [0.5, 0.6) is 11.5 Å². The van der Waals surface area contributed by atoms with Crippen LogP contribution in [0.25, 0.3) is 22.3 Å². The van der Waals surface area contributed by atoms with Gasteiger partial charge in [0.2, 0.25) is 0 Å². The number of methoxy groups -OCH3 is 3. The number of rotatable bonds is 7. The van der Waals surface area contributed by atoms with Crippen LogP contribution in [0.2, 0.25) is 0 Å². The van der Waals surface area contributed by atoms with Gasteiger partial charge in [-0.15, -0.1) is 0 Å². The summed E-state index contributed by atoms with van der Waals surface area (Å²) >= 11 is 0. The number of nitrogens with zero attached hydrogens (tertiary/aromatic N) is 3. The van der Waals surface area contributed by atoms with Gasteiger partial charge < -0.3 is 23.9 Å². The van der Waals surface area contributed by atoms with Gasteiger partial charge in [-0.1, -0.05) is 0 Å². The standard InChI is InChI=1S/C26H28N4O6/c1-13(2)30-24-19(12-27-30)17(9-20(28-24)16-8-14(3)36-15(16)4)25(31)29-21-11-23(34-6)22(33-5)10-18(21)26(32)35-7/h8-13H,1-7H3,(H,29,31). The highest BCUT2D eigenvalue weighted by Crippen LogP contribution is 2.35. The van der Waals surface area contributed by atoms with Crippen LogP contribution in [0, 0.1) is 13.8 Å². The molecule has 3 aromatic heterocycles. The van der Waals surface area contributed by atoms with Crippen LogP contribution in [-0.2, 0) is 4.74 Å². The summed E-state index contributed by atoms with van der Waals surface area (Å²) < 4.78 is 23.0. The molecule has 36 heavy (non-hydrogen) atoms. The largest absolute Gasteiger partial charge is 0.493 e. The number of hydrogen-bond donors (Lipinski definition) is 1. The zero-order valence-electron chi connectivity index (χ0n) is 21.3. The van der Waals surface area contributed by atoms with Gasteiger partial charge in [0.1, 0.15) is 11.5 Å². The Hall–Kier alpha value is -4.34. The zero-order valence-corrected chi connectivity index (χ0v) is 21.3. The fraction of sp³-hybridized carbons (Fsp3) is 0.308. The third-order valence-corrected chi connectivity index (χ3v) is 5.79. The Morgan fingerprint density at radius 3 is 2.28 bits per heavy atom. The highest BCUT2D eigenvalue weighted by atomic mass is 16.5.